The van der Waals surface area contributed by atoms with E-state index in [1.807, 2.05) is 0 Å². The van der Waals surface area contributed by atoms with Gasteiger partial charge in [0.1, 0.15) is 6.04 Å². The van der Waals surface area contributed by atoms with Gasteiger partial charge in [-0.1, -0.05) is 6.07 Å². The third-order valence-corrected chi connectivity index (χ3v) is 2.59. The van der Waals surface area contributed by atoms with Gasteiger partial charge in [0.15, 0.2) is 0 Å². The van der Waals surface area contributed by atoms with Crippen LogP contribution in [0, 0.1) is 0 Å². The Labute approximate surface area is 99.2 Å². The number of alkyl halides is 3. The molecule has 2 aromatic rings. The minimum absolute atomic E-state index is 0.0363. The van der Waals surface area contributed by atoms with Crippen molar-refractivity contribution in [2.45, 2.75) is 12.2 Å². The largest absolute Gasteiger partial charge is 0.480 e. The highest BCUT2D eigenvalue weighted by Gasteiger charge is 2.33. The molecule has 0 amide bonds. The zero-order valence-electron chi connectivity index (χ0n) is 8.95. The molecule has 0 aliphatic carbocycles. The zero-order chi connectivity index (χ0) is 13.5. The number of H-pyrrole nitrogens is 1. The molecule has 0 saturated heterocycles. The fraction of sp³-hybridized carbons (Fsp3) is 0.182. The number of hydrogen-bond donors (Lipinski definition) is 3. The van der Waals surface area contributed by atoms with Crippen molar-refractivity contribution in [1.29, 1.82) is 0 Å². The molecule has 96 valence electrons. The fourth-order valence-corrected chi connectivity index (χ4v) is 1.72. The van der Waals surface area contributed by atoms with Gasteiger partial charge in [-0.15, -0.1) is 0 Å². The van der Waals surface area contributed by atoms with Gasteiger partial charge >= 0.3 is 12.1 Å². The summed E-state index contributed by atoms with van der Waals surface area (Å²) in [5.41, 5.74) is 4.77. The Morgan fingerprint density at radius 1 is 1.39 bits per heavy atom. The van der Waals surface area contributed by atoms with Crippen molar-refractivity contribution in [3.63, 3.8) is 0 Å². The summed E-state index contributed by atoms with van der Waals surface area (Å²) in [5, 5.41) is 8.64. The number of hydrogen-bond acceptors (Lipinski definition) is 2. The first-order chi connectivity index (χ1) is 8.30. The summed E-state index contributed by atoms with van der Waals surface area (Å²) in [4.78, 5) is 13.3. The molecule has 2 rings (SSSR count). The highest BCUT2D eigenvalue weighted by Crippen LogP contribution is 2.35. The lowest BCUT2D eigenvalue weighted by Crippen LogP contribution is -2.20. The second-order valence-corrected chi connectivity index (χ2v) is 3.81. The van der Waals surface area contributed by atoms with Crippen LogP contribution in [0.5, 0.6) is 0 Å². The van der Waals surface area contributed by atoms with E-state index >= 15 is 0 Å². The van der Waals surface area contributed by atoms with E-state index in [-0.39, 0.29) is 16.6 Å². The quantitative estimate of drug-likeness (QED) is 0.773. The van der Waals surface area contributed by atoms with Crippen molar-refractivity contribution in [3.8, 4) is 0 Å². The molecule has 0 radical (unpaired) electrons. The summed E-state index contributed by atoms with van der Waals surface area (Å²) in [5.74, 6) is -1.31. The molecule has 0 saturated carbocycles. The number of carboxylic acid groups (broad SMARTS) is 1. The first-order valence-corrected chi connectivity index (χ1v) is 4.98. The number of aromatic nitrogens is 1. The molecule has 0 aliphatic heterocycles. The number of nitrogens with one attached hydrogen (secondary N) is 1. The molecule has 0 bridgehead atoms. The van der Waals surface area contributed by atoms with Gasteiger partial charge in [0, 0.05) is 16.6 Å². The molecule has 0 aliphatic rings. The van der Waals surface area contributed by atoms with Gasteiger partial charge in [0.25, 0.3) is 0 Å². The van der Waals surface area contributed by atoms with Crippen molar-refractivity contribution in [2.75, 3.05) is 0 Å². The topological polar surface area (TPSA) is 79.1 Å². The minimum atomic E-state index is -4.49. The number of nitrogens with two attached hydrogens (primary N) is 1. The van der Waals surface area contributed by atoms with Gasteiger partial charge in [-0.3, -0.25) is 4.79 Å². The van der Waals surface area contributed by atoms with E-state index in [0.29, 0.717) is 0 Å². The van der Waals surface area contributed by atoms with Gasteiger partial charge in [0.2, 0.25) is 0 Å². The number of carboxylic acids is 1. The van der Waals surface area contributed by atoms with Crippen molar-refractivity contribution < 1.29 is 23.1 Å². The minimum Gasteiger partial charge on any atom is -0.480 e. The number of aliphatic carboxylic acids is 1. The summed E-state index contributed by atoms with van der Waals surface area (Å²) in [6.07, 6.45) is -4.49. The monoisotopic (exact) mass is 258 g/mol. The molecule has 0 spiro atoms. The second kappa shape index (κ2) is 4.02. The number of carbonyl (C=O) groups is 1. The molecule has 1 atom stereocenters. The number of aromatic amines is 1. The van der Waals surface area contributed by atoms with Crippen LogP contribution >= 0.6 is 0 Å². The molecular weight excluding hydrogens is 249 g/mol. The Morgan fingerprint density at radius 2 is 2.06 bits per heavy atom. The lowest BCUT2D eigenvalue weighted by Gasteiger charge is -2.06. The zero-order valence-corrected chi connectivity index (χ0v) is 8.95. The lowest BCUT2D eigenvalue weighted by molar-refractivity contribution is -0.139. The van der Waals surface area contributed by atoms with Crippen LogP contribution in [-0.4, -0.2) is 16.1 Å². The first kappa shape index (κ1) is 12.4. The van der Waals surface area contributed by atoms with Crippen LogP contribution in [0.15, 0.2) is 24.3 Å². The number of fused-ring (bicyclic) bond motifs is 1. The van der Waals surface area contributed by atoms with E-state index in [2.05, 4.69) is 4.98 Å². The third-order valence-electron chi connectivity index (χ3n) is 2.59. The van der Waals surface area contributed by atoms with Crippen LogP contribution in [0.3, 0.4) is 0 Å². The molecular formula is C11H9F3N2O2. The maximum Gasteiger partial charge on any atom is 0.417 e. The van der Waals surface area contributed by atoms with Crippen LogP contribution in [0.2, 0.25) is 0 Å². The number of benzene rings is 1. The van der Waals surface area contributed by atoms with Crippen molar-refractivity contribution in [2.24, 2.45) is 5.73 Å². The van der Waals surface area contributed by atoms with Crippen LogP contribution in [-0.2, 0) is 11.0 Å². The SMILES string of the molecule is NC(C(=O)O)c1cc2c(C(F)(F)F)cccc2[nH]1. The molecule has 0 fully saturated rings. The lowest BCUT2D eigenvalue weighted by atomic mass is 10.1. The smallest absolute Gasteiger partial charge is 0.417 e. The van der Waals surface area contributed by atoms with E-state index in [4.69, 9.17) is 10.8 Å². The van der Waals surface area contributed by atoms with Crippen LogP contribution in [0.1, 0.15) is 17.3 Å². The van der Waals surface area contributed by atoms with Crippen LogP contribution in [0.25, 0.3) is 10.9 Å². The van der Waals surface area contributed by atoms with Gasteiger partial charge in [-0.25, -0.2) is 0 Å². The number of halogens is 3. The number of rotatable bonds is 2. The van der Waals surface area contributed by atoms with E-state index < -0.39 is 23.8 Å². The first-order valence-electron chi connectivity index (χ1n) is 4.98. The molecule has 7 heteroatoms. The van der Waals surface area contributed by atoms with E-state index in [1.54, 1.807) is 0 Å². The molecule has 1 heterocycles. The molecule has 18 heavy (non-hydrogen) atoms. The highest BCUT2D eigenvalue weighted by molar-refractivity contribution is 5.86. The predicted octanol–water partition coefficient (Wildman–Crippen LogP) is 2.27. The summed E-state index contributed by atoms with van der Waals surface area (Å²) in [7, 11) is 0. The van der Waals surface area contributed by atoms with Gasteiger partial charge in [-0.05, 0) is 18.2 Å². The highest BCUT2D eigenvalue weighted by atomic mass is 19.4. The van der Waals surface area contributed by atoms with Gasteiger partial charge < -0.3 is 15.8 Å². The van der Waals surface area contributed by atoms with Gasteiger partial charge in [-0.2, -0.15) is 13.2 Å². The standard InChI is InChI=1S/C11H9F3N2O2/c12-11(13,14)6-2-1-3-7-5(6)4-8(16-7)9(15)10(17)18/h1-4,9,16H,15H2,(H,17,18). The maximum atomic E-state index is 12.7. The maximum absolute atomic E-state index is 12.7. The summed E-state index contributed by atoms with van der Waals surface area (Å²) < 4.78 is 38.2. The van der Waals surface area contributed by atoms with Crippen molar-refractivity contribution in [1.82, 2.24) is 4.98 Å². The summed E-state index contributed by atoms with van der Waals surface area (Å²) in [6, 6.07) is 3.36. The van der Waals surface area contributed by atoms with Crippen LogP contribution < -0.4 is 5.73 Å². The van der Waals surface area contributed by atoms with E-state index in [9.17, 15) is 18.0 Å². The molecule has 1 aromatic heterocycles. The molecule has 4 N–H and O–H groups in total. The Bertz CT molecular complexity index is 604. The van der Waals surface area contributed by atoms with E-state index in [1.165, 1.54) is 12.1 Å². The Balaban J connectivity index is 2.62. The van der Waals surface area contributed by atoms with Crippen molar-refractivity contribution in [3.05, 3.63) is 35.5 Å². The van der Waals surface area contributed by atoms with Crippen molar-refractivity contribution >= 4 is 16.9 Å². The Morgan fingerprint density at radius 3 is 2.61 bits per heavy atom. The summed E-state index contributed by atoms with van der Waals surface area (Å²) >= 11 is 0. The third kappa shape index (κ3) is 2.04. The summed E-state index contributed by atoms with van der Waals surface area (Å²) in [6.45, 7) is 0. The fourth-order valence-electron chi connectivity index (χ4n) is 1.72. The molecule has 1 aromatic carbocycles. The Kier molecular flexibility index (Phi) is 2.78. The van der Waals surface area contributed by atoms with E-state index in [0.717, 1.165) is 12.1 Å². The second-order valence-electron chi connectivity index (χ2n) is 3.81. The predicted molar refractivity (Wildman–Crippen MR) is 57.9 cm³/mol. The average Bonchev–Trinajstić information content (AvgIpc) is 2.69. The normalized spacial score (nSPS) is 13.8. The van der Waals surface area contributed by atoms with Crippen LogP contribution in [0.4, 0.5) is 13.2 Å². The Hall–Kier alpha value is -2.02. The van der Waals surface area contributed by atoms with Gasteiger partial charge in [0.05, 0.1) is 5.56 Å². The molecule has 4 nitrogen and oxygen atoms in total. The average molecular weight is 258 g/mol. The molecule has 1 unspecified atom stereocenters.